The van der Waals surface area contributed by atoms with Gasteiger partial charge in [-0.25, -0.2) is 4.98 Å². The first-order chi connectivity index (χ1) is 7.61. The Labute approximate surface area is 99.9 Å². The second-order valence-corrected chi connectivity index (χ2v) is 4.12. The number of para-hydroxylation sites is 1. The molecular formula is C12H13N3S. The number of hydrogen-bond acceptors (Lipinski definition) is 2. The second kappa shape index (κ2) is 4.06. The Morgan fingerprint density at radius 1 is 1.38 bits per heavy atom. The van der Waals surface area contributed by atoms with Gasteiger partial charge in [0.1, 0.15) is 10.8 Å². The molecule has 2 rings (SSSR count). The van der Waals surface area contributed by atoms with Crippen molar-refractivity contribution < 1.29 is 0 Å². The van der Waals surface area contributed by atoms with E-state index in [9.17, 15) is 0 Å². The van der Waals surface area contributed by atoms with Gasteiger partial charge in [0.15, 0.2) is 0 Å². The van der Waals surface area contributed by atoms with Crippen LogP contribution < -0.4 is 5.73 Å². The van der Waals surface area contributed by atoms with Crippen LogP contribution in [0.2, 0.25) is 0 Å². The van der Waals surface area contributed by atoms with E-state index < -0.39 is 0 Å². The van der Waals surface area contributed by atoms with Crippen molar-refractivity contribution in [3.05, 3.63) is 47.5 Å². The molecule has 3 nitrogen and oxygen atoms in total. The molecule has 4 heteroatoms. The van der Waals surface area contributed by atoms with Crippen molar-refractivity contribution in [2.45, 2.75) is 13.8 Å². The minimum atomic E-state index is 0.409. The van der Waals surface area contributed by atoms with Crippen LogP contribution in [-0.4, -0.2) is 14.5 Å². The third-order valence-electron chi connectivity index (χ3n) is 2.57. The summed E-state index contributed by atoms with van der Waals surface area (Å²) in [6.45, 7) is 3.99. The third kappa shape index (κ3) is 1.72. The summed E-state index contributed by atoms with van der Waals surface area (Å²) in [5.41, 5.74) is 8.77. The number of hydrogen-bond donors (Lipinski definition) is 1. The highest BCUT2D eigenvalue weighted by atomic mass is 32.1. The van der Waals surface area contributed by atoms with E-state index in [2.05, 4.69) is 4.98 Å². The Morgan fingerprint density at radius 2 is 2.12 bits per heavy atom. The van der Waals surface area contributed by atoms with Gasteiger partial charge >= 0.3 is 0 Å². The highest BCUT2D eigenvalue weighted by Crippen LogP contribution is 2.20. The summed E-state index contributed by atoms with van der Waals surface area (Å²) in [7, 11) is 0. The van der Waals surface area contributed by atoms with Gasteiger partial charge in [-0.05, 0) is 25.5 Å². The maximum atomic E-state index is 5.74. The number of nitrogens with zero attached hydrogens (tertiary/aromatic N) is 2. The molecule has 1 aromatic heterocycles. The molecule has 0 aliphatic rings. The van der Waals surface area contributed by atoms with Crippen LogP contribution in [0.3, 0.4) is 0 Å². The molecular weight excluding hydrogens is 218 g/mol. The highest BCUT2D eigenvalue weighted by Gasteiger charge is 2.11. The van der Waals surface area contributed by atoms with Crippen LogP contribution in [0.25, 0.3) is 5.69 Å². The van der Waals surface area contributed by atoms with Crippen LogP contribution in [0.5, 0.6) is 0 Å². The molecule has 1 heterocycles. The molecule has 2 aromatic rings. The lowest BCUT2D eigenvalue weighted by Gasteiger charge is -2.13. The number of aryl methyl sites for hydroxylation is 2. The minimum Gasteiger partial charge on any atom is -0.389 e. The number of imidazole rings is 1. The standard InChI is InChI=1S/C12H13N3S/c1-8-4-3-5-10(12(13)16)11(8)15-7-6-14-9(15)2/h3-7H,1-2H3,(H2,13,16). The lowest BCUT2D eigenvalue weighted by molar-refractivity contribution is 0.962. The number of rotatable bonds is 2. The number of aromatic nitrogens is 2. The van der Waals surface area contributed by atoms with Crippen LogP contribution in [-0.2, 0) is 0 Å². The van der Waals surface area contributed by atoms with E-state index in [4.69, 9.17) is 18.0 Å². The van der Waals surface area contributed by atoms with Gasteiger partial charge in [-0.3, -0.25) is 0 Å². The van der Waals surface area contributed by atoms with Gasteiger partial charge in [-0.1, -0.05) is 24.4 Å². The predicted molar refractivity (Wildman–Crippen MR) is 68.9 cm³/mol. The van der Waals surface area contributed by atoms with Gasteiger partial charge in [0.25, 0.3) is 0 Å². The van der Waals surface area contributed by atoms with Crippen molar-refractivity contribution in [2.75, 3.05) is 0 Å². The molecule has 0 amide bonds. The molecule has 0 aliphatic heterocycles. The topological polar surface area (TPSA) is 43.8 Å². The Bertz CT molecular complexity index is 543. The van der Waals surface area contributed by atoms with Crippen molar-refractivity contribution in [1.82, 2.24) is 9.55 Å². The molecule has 0 saturated carbocycles. The maximum Gasteiger partial charge on any atom is 0.110 e. The van der Waals surface area contributed by atoms with Gasteiger partial charge < -0.3 is 10.3 Å². The van der Waals surface area contributed by atoms with Crippen molar-refractivity contribution in [3.8, 4) is 5.69 Å². The zero-order valence-electron chi connectivity index (χ0n) is 9.27. The van der Waals surface area contributed by atoms with E-state index in [1.54, 1.807) is 6.20 Å². The Hall–Kier alpha value is -1.68. The van der Waals surface area contributed by atoms with Gasteiger partial charge in [0.2, 0.25) is 0 Å². The smallest absolute Gasteiger partial charge is 0.110 e. The van der Waals surface area contributed by atoms with E-state index in [-0.39, 0.29) is 0 Å². The zero-order chi connectivity index (χ0) is 11.7. The van der Waals surface area contributed by atoms with Crippen LogP contribution in [0.4, 0.5) is 0 Å². The fraction of sp³-hybridized carbons (Fsp3) is 0.167. The van der Waals surface area contributed by atoms with Crippen molar-refractivity contribution in [2.24, 2.45) is 5.73 Å². The first kappa shape index (κ1) is 10.8. The van der Waals surface area contributed by atoms with E-state index >= 15 is 0 Å². The van der Waals surface area contributed by atoms with E-state index in [0.29, 0.717) is 4.99 Å². The van der Waals surface area contributed by atoms with Crippen molar-refractivity contribution >= 4 is 17.2 Å². The molecule has 0 spiro atoms. The molecule has 0 bridgehead atoms. The molecule has 0 saturated heterocycles. The van der Waals surface area contributed by atoms with Crippen LogP contribution in [0.1, 0.15) is 17.0 Å². The fourth-order valence-electron chi connectivity index (χ4n) is 1.79. The van der Waals surface area contributed by atoms with Gasteiger partial charge in [-0.2, -0.15) is 0 Å². The first-order valence-corrected chi connectivity index (χ1v) is 5.42. The largest absolute Gasteiger partial charge is 0.389 e. The maximum absolute atomic E-state index is 5.74. The summed E-state index contributed by atoms with van der Waals surface area (Å²) in [5.74, 6) is 0.923. The summed E-state index contributed by atoms with van der Waals surface area (Å²) in [4.78, 5) is 4.62. The number of thiocarbonyl (C=S) groups is 1. The second-order valence-electron chi connectivity index (χ2n) is 3.68. The summed E-state index contributed by atoms with van der Waals surface area (Å²) in [6, 6.07) is 5.93. The Morgan fingerprint density at radius 3 is 2.69 bits per heavy atom. The minimum absolute atomic E-state index is 0.409. The molecule has 2 N–H and O–H groups in total. The van der Waals surface area contributed by atoms with E-state index in [0.717, 1.165) is 22.6 Å². The molecule has 0 unspecified atom stereocenters. The lowest BCUT2D eigenvalue weighted by Crippen LogP contribution is -2.14. The average molecular weight is 231 g/mol. The number of benzene rings is 1. The van der Waals surface area contributed by atoms with Gasteiger partial charge in [-0.15, -0.1) is 0 Å². The highest BCUT2D eigenvalue weighted by molar-refractivity contribution is 7.80. The SMILES string of the molecule is Cc1cccc(C(N)=S)c1-n1ccnc1C. The lowest BCUT2D eigenvalue weighted by atomic mass is 10.1. The number of nitrogens with two attached hydrogens (primary N) is 1. The summed E-state index contributed by atoms with van der Waals surface area (Å²) < 4.78 is 2.00. The molecule has 0 radical (unpaired) electrons. The molecule has 16 heavy (non-hydrogen) atoms. The summed E-state index contributed by atoms with van der Waals surface area (Å²) in [5, 5.41) is 0. The monoisotopic (exact) mass is 231 g/mol. The average Bonchev–Trinajstić information content (AvgIpc) is 2.64. The Balaban J connectivity index is 2.73. The van der Waals surface area contributed by atoms with Gasteiger partial charge in [0, 0.05) is 18.0 Å². The normalized spacial score (nSPS) is 10.4. The van der Waals surface area contributed by atoms with E-state index in [1.165, 1.54) is 0 Å². The fourth-order valence-corrected chi connectivity index (χ4v) is 1.96. The molecule has 1 aromatic carbocycles. The van der Waals surface area contributed by atoms with Crippen molar-refractivity contribution in [1.29, 1.82) is 0 Å². The molecule has 0 aliphatic carbocycles. The molecule has 0 atom stereocenters. The van der Waals surface area contributed by atoms with Crippen LogP contribution in [0, 0.1) is 13.8 Å². The van der Waals surface area contributed by atoms with Crippen LogP contribution in [0.15, 0.2) is 30.6 Å². The molecule has 82 valence electrons. The third-order valence-corrected chi connectivity index (χ3v) is 2.79. The van der Waals surface area contributed by atoms with E-state index in [1.807, 2.05) is 42.8 Å². The van der Waals surface area contributed by atoms with Gasteiger partial charge in [0.05, 0.1) is 5.69 Å². The quantitative estimate of drug-likeness (QED) is 0.805. The van der Waals surface area contributed by atoms with Crippen LogP contribution >= 0.6 is 12.2 Å². The first-order valence-electron chi connectivity index (χ1n) is 5.01. The zero-order valence-corrected chi connectivity index (χ0v) is 10.1. The summed E-state index contributed by atoms with van der Waals surface area (Å²) in [6.07, 6.45) is 3.69. The van der Waals surface area contributed by atoms with Crippen molar-refractivity contribution in [3.63, 3.8) is 0 Å². The Kier molecular flexibility index (Phi) is 2.75. The predicted octanol–water partition coefficient (Wildman–Crippen LogP) is 2.12. The summed E-state index contributed by atoms with van der Waals surface area (Å²) >= 11 is 5.07. The molecule has 0 fully saturated rings.